The molecule has 0 aliphatic heterocycles. The van der Waals surface area contributed by atoms with Gasteiger partial charge >= 0.3 is 0 Å². The monoisotopic (exact) mass is 316 g/mol. The summed E-state index contributed by atoms with van der Waals surface area (Å²) in [5.74, 6) is 0. The highest BCUT2D eigenvalue weighted by atomic mass is 32.1. The maximum Gasteiger partial charge on any atom is 0.0267 e. The normalized spacial score (nSPS) is 12.2. The molecule has 0 aliphatic rings. The molecule has 0 atom stereocenters. The van der Waals surface area contributed by atoms with Crippen molar-refractivity contribution in [2.45, 2.75) is 71.1 Å². The predicted molar refractivity (Wildman–Crippen MR) is 103 cm³/mol. The Hall–Kier alpha value is -1.08. The van der Waals surface area contributed by atoms with Gasteiger partial charge in [-0.2, -0.15) is 0 Å². The van der Waals surface area contributed by atoms with Crippen molar-refractivity contribution in [2.24, 2.45) is 0 Å². The van der Waals surface area contributed by atoms with Crippen LogP contribution in [0.1, 0.15) is 76.0 Å². The van der Waals surface area contributed by atoms with Gasteiger partial charge in [-0.15, -0.1) is 11.3 Å². The first kappa shape index (κ1) is 19.0. The van der Waals surface area contributed by atoms with Crippen LogP contribution >= 0.6 is 11.3 Å². The van der Waals surface area contributed by atoms with E-state index in [1.165, 1.54) is 62.7 Å². The van der Waals surface area contributed by atoms with Crippen LogP contribution in [-0.2, 0) is 0 Å². The minimum absolute atomic E-state index is 1.11. The molecule has 1 aromatic rings. The van der Waals surface area contributed by atoms with Crippen molar-refractivity contribution >= 4 is 17.4 Å². The smallest absolute Gasteiger partial charge is 0.0267 e. The van der Waals surface area contributed by atoms with Crippen molar-refractivity contribution < 1.29 is 0 Å². The lowest BCUT2D eigenvalue weighted by Crippen LogP contribution is -1.75. The summed E-state index contributed by atoms with van der Waals surface area (Å²) in [5, 5.41) is 2.13. The molecule has 0 saturated carbocycles. The summed E-state index contributed by atoms with van der Waals surface area (Å²) >= 11 is 1.81. The van der Waals surface area contributed by atoms with Gasteiger partial charge in [-0.05, 0) is 62.5 Å². The molecule has 0 aromatic carbocycles. The molecular weight excluding hydrogens is 284 g/mol. The van der Waals surface area contributed by atoms with Gasteiger partial charge in [0, 0.05) is 4.88 Å². The molecule has 22 heavy (non-hydrogen) atoms. The molecule has 1 rings (SSSR count). The summed E-state index contributed by atoms with van der Waals surface area (Å²) in [4.78, 5) is 1.37. The van der Waals surface area contributed by atoms with E-state index in [0.29, 0.717) is 0 Å². The molecule has 0 nitrogen and oxygen atoms in total. The number of rotatable bonds is 13. The van der Waals surface area contributed by atoms with Crippen molar-refractivity contribution in [3.8, 4) is 0 Å². The van der Waals surface area contributed by atoms with Crippen LogP contribution in [0, 0.1) is 0 Å². The third kappa shape index (κ3) is 11.6. The van der Waals surface area contributed by atoms with E-state index in [0.717, 1.165) is 6.42 Å². The summed E-state index contributed by atoms with van der Waals surface area (Å²) < 4.78 is 0. The van der Waals surface area contributed by atoms with Crippen molar-refractivity contribution in [3.63, 3.8) is 0 Å². The fourth-order valence-electron chi connectivity index (χ4n) is 2.31. The lowest BCUT2D eigenvalue weighted by atomic mass is 10.1. The Labute approximate surface area is 141 Å². The fourth-order valence-corrected chi connectivity index (χ4v) is 2.95. The largest absolute Gasteiger partial charge is 0.144 e. The Balaban J connectivity index is 1.85. The molecule has 0 spiro atoms. The van der Waals surface area contributed by atoms with E-state index in [-0.39, 0.29) is 0 Å². The van der Waals surface area contributed by atoms with Gasteiger partial charge in [-0.1, -0.05) is 62.6 Å². The Morgan fingerprint density at radius 2 is 1.50 bits per heavy atom. The molecule has 1 aromatic heterocycles. The third-order valence-electron chi connectivity index (χ3n) is 3.65. The molecular formula is C21H32S. The van der Waals surface area contributed by atoms with E-state index in [9.17, 15) is 0 Å². The van der Waals surface area contributed by atoms with Gasteiger partial charge in [-0.25, -0.2) is 0 Å². The van der Waals surface area contributed by atoms with E-state index >= 15 is 0 Å². The van der Waals surface area contributed by atoms with Crippen molar-refractivity contribution in [1.29, 1.82) is 0 Å². The van der Waals surface area contributed by atoms with E-state index in [1.807, 2.05) is 11.3 Å². The topological polar surface area (TPSA) is 0 Å². The first-order chi connectivity index (χ1) is 10.9. The van der Waals surface area contributed by atoms with Crippen LogP contribution in [0.15, 0.2) is 47.9 Å². The second kappa shape index (κ2) is 14.8. The Morgan fingerprint density at radius 1 is 0.818 bits per heavy atom. The average molecular weight is 317 g/mol. The van der Waals surface area contributed by atoms with Crippen molar-refractivity contribution in [3.05, 3.63) is 52.8 Å². The van der Waals surface area contributed by atoms with Crippen LogP contribution in [0.2, 0.25) is 0 Å². The van der Waals surface area contributed by atoms with Gasteiger partial charge in [0.25, 0.3) is 0 Å². The number of allylic oxidation sites excluding steroid dienone is 5. The fraction of sp³-hybridized carbons (Fsp3) is 0.524. The summed E-state index contributed by atoms with van der Waals surface area (Å²) in [6, 6.07) is 4.28. The number of hydrogen-bond acceptors (Lipinski definition) is 1. The quantitative estimate of drug-likeness (QED) is 0.257. The zero-order chi connectivity index (χ0) is 15.7. The summed E-state index contributed by atoms with van der Waals surface area (Å²) in [7, 11) is 0. The minimum Gasteiger partial charge on any atom is -0.144 e. The number of hydrogen-bond donors (Lipinski definition) is 0. The molecule has 0 bridgehead atoms. The maximum atomic E-state index is 2.35. The predicted octanol–water partition coefficient (Wildman–Crippen LogP) is 7.79. The molecule has 0 saturated heterocycles. The van der Waals surface area contributed by atoms with E-state index < -0.39 is 0 Å². The highest BCUT2D eigenvalue weighted by Gasteiger charge is 1.88. The average Bonchev–Trinajstić information content (AvgIpc) is 3.04. The Kier molecular flexibility index (Phi) is 12.8. The summed E-state index contributed by atoms with van der Waals surface area (Å²) in [6.45, 7) is 2.26. The lowest BCUT2D eigenvalue weighted by Gasteiger charge is -1.95. The highest BCUT2D eigenvalue weighted by molar-refractivity contribution is 7.10. The Bertz CT molecular complexity index is 409. The van der Waals surface area contributed by atoms with E-state index in [2.05, 4.69) is 60.9 Å². The van der Waals surface area contributed by atoms with Gasteiger partial charge in [0.05, 0.1) is 0 Å². The second-order valence-corrected chi connectivity index (χ2v) is 6.71. The maximum absolute atomic E-state index is 2.35. The van der Waals surface area contributed by atoms with Crippen LogP contribution in [0.5, 0.6) is 0 Å². The Morgan fingerprint density at radius 3 is 2.14 bits per heavy atom. The first-order valence-electron chi connectivity index (χ1n) is 8.93. The zero-order valence-corrected chi connectivity index (χ0v) is 15.0. The van der Waals surface area contributed by atoms with Crippen LogP contribution in [0.4, 0.5) is 0 Å². The van der Waals surface area contributed by atoms with Gasteiger partial charge in [0.2, 0.25) is 0 Å². The molecule has 122 valence electrons. The van der Waals surface area contributed by atoms with E-state index in [4.69, 9.17) is 0 Å². The van der Waals surface area contributed by atoms with Crippen molar-refractivity contribution in [2.75, 3.05) is 0 Å². The summed E-state index contributed by atoms with van der Waals surface area (Å²) in [6.07, 6.45) is 26.7. The van der Waals surface area contributed by atoms with Crippen LogP contribution in [-0.4, -0.2) is 0 Å². The molecule has 0 radical (unpaired) electrons. The number of thiophene rings is 1. The number of unbranched alkanes of at least 4 members (excludes halogenated alkanes) is 7. The second-order valence-electron chi connectivity index (χ2n) is 5.73. The molecule has 1 heteroatoms. The van der Waals surface area contributed by atoms with Gasteiger partial charge in [0.1, 0.15) is 0 Å². The molecule has 0 amide bonds. The van der Waals surface area contributed by atoms with Crippen LogP contribution in [0.25, 0.3) is 6.08 Å². The van der Waals surface area contributed by atoms with Gasteiger partial charge < -0.3 is 0 Å². The minimum atomic E-state index is 1.11. The SMILES string of the molecule is CCCCCC=CCC=CCCCCCC=Cc1cccs1. The van der Waals surface area contributed by atoms with Crippen LogP contribution < -0.4 is 0 Å². The molecule has 0 aliphatic carbocycles. The van der Waals surface area contributed by atoms with Crippen molar-refractivity contribution in [1.82, 2.24) is 0 Å². The van der Waals surface area contributed by atoms with Gasteiger partial charge in [-0.3, -0.25) is 0 Å². The molecule has 1 heterocycles. The highest BCUT2D eigenvalue weighted by Crippen LogP contribution is 2.12. The first-order valence-corrected chi connectivity index (χ1v) is 9.81. The molecule has 0 N–H and O–H groups in total. The molecule has 0 unspecified atom stereocenters. The molecule has 0 fully saturated rings. The van der Waals surface area contributed by atoms with Crippen LogP contribution in [0.3, 0.4) is 0 Å². The third-order valence-corrected chi connectivity index (χ3v) is 4.48. The zero-order valence-electron chi connectivity index (χ0n) is 14.2. The lowest BCUT2D eigenvalue weighted by molar-refractivity contribution is 0.696. The summed E-state index contributed by atoms with van der Waals surface area (Å²) in [5.41, 5.74) is 0. The van der Waals surface area contributed by atoms with E-state index in [1.54, 1.807) is 0 Å². The standard InChI is InChI=1S/C21H32S/c1-2-3-4-5-6-7-8-9-10-11-12-13-14-15-16-18-21-19-17-20-22-21/h6-7,9-10,16-20H,2-5,8,11-15H2,1H3. The van der Waals surface area contributed by atoms with Gasteiger partial charge in [0.15, 0.2) is 0 Å².